The van der Waals surface area contributed by atoms with E-state index in [9.17, 15) is 14.7 Å². The molecule has 8 heteroatoms. The van der Waals surface area contributed by atoms with Crippen molar-refractivity contribution in [3.8, 4) is 5.75 Å². The molecule has 0 radical (unpaired) electrons. The van der Waals surface area contributed by atoms with Gasteiger partial charge in [0.15, 0.2) is 0 Å². The molecule has 154 valence electrons. The number of rotatable bonds is 4. The number of halogens is 2. The highest BCUT2D eigenvalue weighted by Gasteiger charge is 2.40. The highest BCUT2D eigenvalue weighted by Crippen LogP contribution is 2.37. The fourth-order valence-corrected chi connectivity index (χ4v) is 4.00. The fourth-order valence-electron chi connectivity index (χ4n) is 3.60. The third-order valence-electron chi connectivity index (χ3n) is 5.29. The van der Waals surface area contributed by atoms with Crippen molar-refractivity contribution < 1.29 is 19.4 Å². The standard InChI is InChI=1S/C20H26Cl2N2O4/c1-20(2,3)15-10-12(8-9-24(15)19(26)27)28-14-7-6-13(21)17(22)16(14)18(25)23-11-4-5-11/h6-7,11-12,15H,4-5,8-10H2,1-3H3,(H,23,25)(H,26,27). The molecule has 1 aliphatic carbocycles. The molecule has 2 unspecified atom stereocenters. The lowest BCUT2D eigenvalue weighted by atomic mass is 9.80. The summed E-state index contributed by atoms with van der Waals surface area (Å²) in [6, 6.07) is 3.27. The van der Waals surface area contributed by atoms with Crippen molar-refractivity contribution in [1.29, 1.82) is 0 Å². The Bertz CT molecular complexity index is 774. The second kappa shape index (κ2) is 7.99. The van der Waals surface area contributed by atoms with Gasteiger partial charge in [0.05, 0.1) is 10.0 Å². The number of carboxylic acid groups (broad SMARTS) is 1. The second-order valence-electron chi connectivity index (χ2n) is 8.60. The van der Waals surface area contributed by atoms with E-state index in [-0.39, 0.29) is 40.1 Å². The normalized spacial score (nSPS) is 22.7. The largest absolute Gasteiger partial charge is 0.489 e. The van der Waals surface area contributed by atoms with Crippen LogP contribution in [0.4, 0.5) is 4.79 Å². The van der Waals surface area contributed by atoms with Gasteiger partial charge in [-0.05, 0) is 30.4 Å². The van der Waals surface area contributed by atoms with Gasteiger partial charge in [0, 0.05) is 31.5 Å². The molecule has 2 aliphatic rings. The lowest BCUT2D eigenvalue weighted by Crippen LogP contribution is -2.53. The molecule has 2 fully saturated rings. The summed E-state index contributed by atoms with van der Waals surface area (Å²) in [4.78, 5) is 25.8. The maximum atomic E-state index is 12.7. The summed E-state index contributed by atoms with van der Waals surface area (Å²) in [7, 11) is 0. The molecule has 1 saturated heterocycles. The first-order valence-electron chi connectivity index (χ1n) is 9.53. The predicted octanol–water partition coefficient (Wildman–Crippen LogP) is 4.82. The number of hydrogen-bond donors (Lipinski definition) is 2. The number of hydrogen-bond acceptors (Lipinski definition) is 3. The van der Waals surface area contributed by atoms with Crippen molar-refractivity contribution in [1.82, 2.24) is 10.2 Å². The third kappa shape index (κ3) is 4.66. The minimum Gasteiger partial charge on any atom is -0.489 e. The Hall–Kier alpha value is -1.66. The minimum atomic E-state index is -0.919. The van der Waals surface area contributed by atoms with Crippen LogP contribution in [-0.4, -0.2) is 46.7 Å². The van der Waals surface area contributed by atoms with E-state index in [1.54, 1.807) is 12.1 Å². The lowest BCUT2D eigenvalue weighted by Gasteiger charge is -2.44. The number of benzene rings is 1. The molecule has 2 N–H and O–H groups in total. The number of ether oxygens (including phenoxy) is 1. The van der Waals surface area contributed by atoms with Gasteiger partial charge in [-0.1, -0.05) is 44.0 Å². The molecule has 1 saturated carbocycles. The highest BCUT2D eigenvalue weighted by atomic mass is 35.5. The first-order chi connectivity index (χ1) is 13.1. The van der Waals surface area contributed by atoms with Crippen LogP contribution < -0.4 is 10.1 Å². The average molecular weight is 429 g/mol. The fraction of sp³-hybridized carbons (Fsp3) is 0.600. The van der Waals surface area contributed by atoms with Gasteiger partial charge in [0.25, 0.3) is 5.91 Å². The third-order valence-corrected chi connectivity index (χ3v) is 6.09. The van der Waals surface area contributed by atoms with Crippen LogP contribution >= 0.6 is 23.2 Å². The molecular weight excluding hydrogens is 403 g/mol. The molecule has 1 aliphatic heterocycles. The Morgan fingerprint density at radius 3 is 2.46 bits per heavy atom. The summed E-state index contributed by atoms with van der Waals surface area (Å²) in [5.41, 5.74) is 0.0126. The molecule has 1 heterocycles. The van der Waals surface area contributed by atoms with Crippen molar-refractivity contribution in [3.05, 3.63) is 27.7 Å². The van der Waals surface area contributed by atoms with E-state index < -0.39 is 6.09 Å². The van der Waals surface area contributed by atoms with Crippen molar-refractivity contribution in [2.24, 2.45) is 5.41 Å². The van der Waals surface area contributed by atoms with Gasteiger partial charge in [-0.25, -0.2) is 4.79 Å². The van der Waals surface area contributed by atoms with Gasteiger partial charge in [-0.15, -0.1) is 0 Å². The number of carbonyl (C=O) groups is 2. The molecule has 0 aromatic heterocycles. The molecule has 1 aromatic rings. The Labute approximate surface area is 175 Å². The van der Waals surface area contributed by atoms with Gasteiger partial charge in [0.1, 0.15) is 17.4 Å². The molecule has 2 atom stereocenters. The van der Waals surface area contributed by atoms with Gasteiger partial charge in [-0.2, -0.15) is 0 Å². The molecule has 28 heavy (non-hydrogen) atoms. The second-order valence-corrected chi connectivity index (χ2v) is 9.39. The molecule has 2 amide bonds. The SMILES string of the molecule is CC(C)(C)C1CC(Oc2ccc(Cl)c(Cl)c2C(=O)NC2CC2)CCN1C(=O)O. The molecular formula is C20H26Cl2N2O4. The van der Waals surface area contributed by atoms with Crippen LogP contribution in [-0.2, 0) is 0 Å². The topological polar surface area (TPSA) is 78.9 Å². The van der Waals surface area contributed by atoms with Crippen LogP contribution in [0.2, 0.25) is 10.0 Å². The van der Waals surface area contributed by atoms with Gasteiger partial charge >= 0.3 is 6.09 Å². The van der Waals surface area contributed by atoms with E-state index in [4.69, 9.17) is 27.9 Å². The Kier molecular flexibility index (Phi) is 6.01. The number of piperidine rings is 1. The monoisotopic (exact) mass is 428 g/mol. The highest BCUT2D eigenvalue weighted by molar-refractivity contribution is 6.44. The molecule has 3 rings (SSSR count). The summed E-state index contributed by atoms with van der Waals surface area (Å²) in [5, 5.41) is 12.9. The van der Waals surface area contributed by atoms with Gasteiger partial charge < -0.3 is 20.1 Å². The van der Waals surface area contributed by atoms with Crippen LogP contribution in [0.1, 0.15) is 56.8 Å². The first kappa shape index (κ1) is 21.1. The quantitative estimate of drug-likeness (QED) is 0.719. The number of carbonyl (C=O) groups excluding carboxylic acids is 1. The van der Waals surface area contributed by atoms with Crippen LogP contribution in [0.25, 0.3) is 0 Å². The minimum absolute atomic E-state index is 0.174. The zero-order valence-electron chi connectivity index (χ0n) is 16.3. The molecule has 0 spiro atoms. The van der Waals surface area contributed by atoms with Gasteiger partial charge in [0.2, 0.25) is 0 Å². The summed E-state index contributed by atoms with van der Waals surface area (Å²) in [5.74, 6) is 0.0920. The summed E-state index contributed by atoms with van der Waals surface area (Å²) in [6.07, 6.45) is 1.87. The zero-order valence-corrected chi connectivity index (χ0v) is 17.8. The summed E-state index contributed by atoms with van der Waals surface area (Å²) < 4.78 is 6.18. The number of likely N-dealkylation sites (tertiary alicyclic amines) is 1. The number of nitrogens with zero attached hydrogens (tertiary/aromatic N) is 1. The zero-order chi connectivity index (χ0) is 20.6. The van der Waals surface area contributed by atoms with E-state index in [0.717, 1.165) is 12.8 Å². The van der Waals surface area contributed by atoms with Crippen molar-refractivity contribution in [2.45, 2.75) is 64.6 Å². The van der Waals surface area contributed by atoms with Crippen LogP contribution in [0.3, 0.4) is 0 Å². The number of amides is 2. The first-order valence-corrected chi connectivity index (χ1v) is 10.3. The van der Waals surface area contributed by atoms with Crippen LogP contribution in [0.15, 0.2) is 12.1 Å². The Morgan fingerprint density at radius 1 is 1.21 bits per heavy atom. The van der Waals surface area contributed by atoms with E-state index in [0.29, 0.717) is 30.2 Å². The van der Waals surface area contributed by atoms with Crippen molar-refractivity contribution in [2.75, 3.05) is 6.54 Å². The Balaban J connectivity index is 1.82. The van der Waals surface area contributed by atoms with Gasteiger partial charge in [-0.3, -0.25) is 4.79 Å². The smallest absolute Gasteiger partial charge is 0.407 e. The lowest BCUT2D eigenvalue weighted by molar-refractivity contribution is 0.0128. The summed E-state index contributed by atoms with van der Waals surface area (Å²) in [6.45, 7) is 6.43. The van der Waals surface area contributed by atoms with E-state index in [1.807, 2.05) is 20.8 Å². The van der Waals surface area contributed by atoms with E-state index in [2.05, 4.69) is 5.32 Å². The average Bonchev–Trinajstić information content (AvgIpc) is 3.41. The Morgan fingerprint density at radius 2 is 1.89 bits per heavy atom. The van der Waals surface area contributed by atoms with Crippen molar-refractivity contribution >= 4 is 35.2 Å². The molecule has 6 nitrogen and oxygen atoms in total. The summed E-state index contributed by atoms with van der Waals surface area (Å²) >= 11 is 12.4. The molecule has 1 aromatic carbocycles. The van der Waals surface area contributed by atoms with Crippen LogP contribution in [0, 0.1) is 5.41 Å². The molecule has 0 bridgehead atoms. The predicted molar refractivity (Wildman–Crippen MR) is 109 cm³/mol. The maximum absolute atomic E-state index is 12.7. The number of nitrogens with one attached hydrogen (secondary N) is 1. The van der Waals surface area contributed by atoms with E-state index in [1.165, 1.54) is 4.90 Å². The van der Waals surface area contributed by atoms with E-state index >= 15 is 0 Å². The van der Waals surface area contributed by atoms with Crippen LogP contribution in [0.5, 0.6) is 5.75 Å². The van der Waals surface area contributed by atoms with Crippen molar-refractivity contribution in [3.63, 3.8) is 0 Å². The maximum Gasteiger partial charge on any atom is 0.407 e.